The number of aryl methyl sites for hydroxylation is 2. The maximum absolute atomic E-state index is 14.9. The number of carbonyl (C=O) groups excluding carboxylic acids is 2. The second kappa shape index (κ2) is 32.0. The molecular weight excluding hydrogens is 951 g/mol. The molecule has 0 saturated heterocycles. The maximum atomic E-state index is 14.9. The van der Waals surface area contributed by atoms with Crippen LogP contribution in [0.25, 0.3) is 19.5 Å². The van der Waals surface area contributed by atoms with E-state index in [2.05, 4.69) is 71.7 Å². The largest absolute Gasteiger partial charge is 0.274 e. The third-order valence-corrected chi connectivity index (χ3v) is 18.1. The molecule has 3 aromatic rings. The molecule has 350 valence electrons. The maximum Gasteiger partial charge on any atom is 0.263 e. The van der Waals surface area contributed by atoms with Crippen molar-refractivity contribution >= 4 is 77.7 Å². The van der Waals surface area contributed by atoms with Gasteiger partial charge in [0.1, 0.15) is 0 Å². The van der Waals surface area contributed by atoms with Crippen LogP contribution in [0.2, 0.25) is 0 Å². The highest BCUT2D eigenvalue weighted by Crippen LogP contribution is 2.52. The lowest BCUT2D eigenvalue weighted by atomic mass is 9.93. The van der Waals surface area contributed by atoms with Crippen LogP contribution in [0.4, 0.5) is 0 Å². The van der Waals surface area contributed by atoms with Crippen LogP contribution in [-0.2, 0) is 12.8 Å². The molecular formula is C54H85Br2NO2S3. The first-order valence-corrected chi connectivity index (χ1v) is 30.0. The van der Waals surface area contributed by atoms with E-state index in [0.29, 0.717) is 23.6 Å². The Morgan fingerprint density at radius 1 is 0.419 bits per heavy atom. The highest BCUT2D eigenvalue weighted by atomic mass is 79.9. The van der Waals surface area contributed by atoms with Crippen molar-refractivity contribution in [2.45, 2.75) is 246 Å². The summed E-state index contributed by atoms with van der Waals surface area (Å²) >= 11 is 13.0. The van der Waals surface area contributed by atoms with Crippen molar-refractivity contribution in [3.63, 3.8) is 0 Å². The number of amides is 2. The number of hydrogen-bond donors (Lipinski definition) is 0. The Balaban J connectivity index is 1.56. The molecule has 2 amide bonds. The predicted octanol–water partition coefficient (Wildman–Crippen LogP) is 20.6. The van der Waals surface area contributed by atoms with Crippen LogP contribution in [0, 0.1) is 5.92 Å². The number of fused-ring (bicyclic) bond motifs is 1. The van der Waals surface area contributed by atoms with E-state index in [0.717, 1.165) is 55.9 Å². The molecule has 3 nitrogen and oxygen atoms in total. The van der Waals surface area contributed by atoms with Crippen LogP contribution in [0.15, 0.2) is 19.7 Å². The molecule has 4 rings (SSSR count). The summed E-state index contributed by atoms with van der Waals surface area (Å²) in [5, 5.41) is 0. The van der Waals surface area contributed by atoms with E-state index < -0.39 is 0 Å². The number of thiophene rings is 3. The lowest BCUT2D eigenvalue weighted by Crippen LogP contribution is -2.35. The van der Waals surface area contributed by atoms with Gasteiger partial charge in [-0.2, -0.15) is 0 Å². The van der Waals surface area contributed by atoms with Crippen LogP contribution >= 0.6 is 65.9 Å². The molecule has 0 bridgehead atoms. The monoisotopic (exact) mass is 1030 g/mol. The van der Waals surface area contributed by atoms with E-state index in [1.54, 1.807) is 38.9 Å². The number of hydrogen-bond acceptors (Lipinski definition) is 5. The molecule has 0 fully saturated rings. The first-order chi connectivity index (χ1) is 30.3. The predicted molar refractivity (Wildman–Crippen MR) is 283 cm³/mol. The van der Waals surface area contributed by atoms with Gasteiger partial charge in [0.2, 0.25) is 0 Å². The zero-order chi connectivity index (χ0) is 44.4. The summed E-state index contributed by atoms with van der Waals surface area (Å²) in [5.74, 6) is 0.256. The summed E-state index contributed by atoms with van der Waals surface area (Å²) in [6.45, 7) is 9.68. The smallest absolute Gasteiger partial charge is 0.263 e. The van der Waals surface area contributed by atoms with E-state index in [4.69, 9.17) is 0 Å². The molecule has 3 aromatic heterocycles. The topological polar surface area (TPSA) is 37.4 Å². The summed E-state index contributed by atoms with van der Waals surface area (Å²) in [4.78, 5) is 36.0. The molecule has 8 heteroatoms. The van der Waals surface area contributed by atoms with Gasteiger partial charge in [0.25, 0.3) is 11.8 Å². The van der Waals surface area contributed by atoms with Gasteiger partial charge in [-0.3, -0.25) is 14.5 Å². The Morgan fingerprint density at radius 3 is 1.08 bits per heavy atom. The van der Waals surface area contributed by atoms with Crippen LogP contribution in [0.3, 0.4) is 0 Å². The normalized spacial score (nSPS) is 13.3. The van der Waals surface area contributed by atoms with Crippen molar-refractivity contribution < 1.29 is 9.59 Å². The Morgan fingerprint density at radius 2 is 0.726 bits per heavy atom. The van der Waals surface area contributed by atoms with Gasteiger partial charge in [0, 0.05) is 16.3 Å². The zero-order valence-corrected chi connectivity index (χ0v) is 45.3. The van der Waals surface area contributed by atoms with E-state index in [9.17, 15) is 9.59 Å². The van der Waals surface area contributed by atoms with Crippen LogP contribution in [0.1, 0.15) is 265 Å². The van der Waals surface area contributed by atoms with E-state index >= 15 is 0 Å². The van der Waals surface area contributed by atoms with Gasteiger partial charge in [-0.15, -0.1) is 34.0 Å². The Labute approximate surface area is 409 Å². The SMILES string of the molecule is CCCCCCCCCCCCc1cc(Br)sc1-c1sc(-c2sc(Br)cc2CCCCCCCCCCCC)c2c1C(=O)N(CC(CCCCCC)CCCCCCCC)C2=O. The molecule has 0 N–H and O–H groups in total. The number of carbonyl (C=O) groups is 2. The highest BCUT2D eigenvalue weighted by molar-refractivity contribution is 9.11. The van der Waals surface area contributed by atoms with Crippen molar-refractivity contribution in [1.29, 1.82) is 0 Å². The molecule has 0 aromatic carbocycles. The molecule has 62 heavy (non-hydrogen) atoms. The van der Waals surface area contributed by atoms with Crippen molar-refractivity contribution in [2.24, 2.45) is 5.92 Å². The van der Waals surface area contributed by atoms with Crippen LogP contribution in [-0.4, -0.2) is 23.3 Å². The molecule has 0 spiro atoms. The minimum atomic E-state index is -0.0507. The minimum absolute atomic E-state index is 0.0507. The molecule has 0 saturated carbocycles. The average molecular weight is 1040 g/mol. The van der Waals surface area contributed by atoms with Crippen molar-refractivity contribution in [2.75, 3.05) is 6.54 Å². The number of halogens is 2. The Bertz CT molecular complexity index is 1590. The summed E-state index contributed by atoms with van der Waals surface area (Å²) in [6, 6.07) is 4.59. The second-order valence-corrected chi connectivity index (χ2v) is 24.6. The first-order valence-electron chi connectivity index (χ1n) is 25.9. The van der Waals surface area contributed by atoms with E-state index in [1.165, 1.54) is 201 Å². The quantitative estimate of drug-likeness (QED) is 0.0424. The molecule has 0 aliphatic carbocycles. The summed E-state index contributed by atoms with van der Waals surface area (Å²) in [5.41, 5.74) is 4.02. The van der Waals surface area contributed by atoms with Crippen molar-refractivity contribution in [3.8, 4) is 19.5 Å². The average Bonchev–Trinajstić information content (AvgIpc) is 4.01. The summed E-state index contributed by atoms with van der Waals surface area (Å²) in [6.07, 6.45) is 43.1. The Kier molecular flexibility index (Phi) is 27.8. The fourth-order valence-corrected chi connectivity index (χ4v) is 14.5. The van der Waals surface area contributed by atoms with Crippen molar-refractivity contribution in [3.05, 3.63) is 42.0 Å². The molecule has 1 unspecified atom stereocenters. The fourth-order valence-electron chi connectivity index (χ4n) is 9.50. The first kappa shape index (κ1) is 53.8. The number of imide groups is 1. The van der Waals surface area contributed by atoms with Gasteiger partial charge < -0.3 is 0 Å². The molecule has 4 heterocycles. The number of rotatable bonds is 38. The summed E-state index contributed by atoms with van der Waals surface area (Å²) < 4.78 is 2.22. The number of unbranched alkanes of at least 4 members (excludes halogenated alkanes) is 26. The van der Waals surface area contributed by atoms with Gasteiger partial charge in [-0.05, 0) is 99.6 Å². The van der Waals surface area contributed by atoms with Crippen molar-refractivity contribution in [1.82, 2.24) is 4.90 Å². The highest BCUT2D eigenvalue weighted by Gasteiger charge is 2.44. The van der Waals surface area contributed by atoms with E-state index in [1.807, 2.05) is 0 Å². The zero-order valence-electron chi connectivity index (χ0n) is 39.7. The van der Waals surface area contributed by atoms with Gasteiger partial charge in [0.15, 0.2) is 0 Å². The fraction of sp³-hybridized carbons (Fsp3) is 0.741. The standard InChI is InChI=1S/C54H85Br2NO2S3/c1-5-9-13-17-20-22-24-26-29-33-37-43-39-45(55)60-49(43)51-47-48(52(62-51)50-44(40-46(56)61-50)38-34-30-27-25-23-21-18-14-10-6-2)54(59)57(53(47)58)41-42(35-31-16-12-8-4)36-32-28-19-15-11-7-3/h39-40,42H,5-38,41H2,1-4H3. The Hall–Kier alpha value is -0.800. The summed E-state index contributed by atoms with van der Waals surface area (Å²) in [7, 11) is 0. The molecule has 1 atom stereocenters. The van der Waals surface area contributed by atoms with Crippen LogP contribution < -0.4 is 0 Å². The van der Waals surface area contributed by atoms with Gasteiger partial charge in [0.05, 0.1) is 28.5 Å². The lowest BCUT2D eigenvalue weighted by molar-refractivity contribution is 0.0622. The molecule has 1 aliphatic heterocycles. The molecule has 0 radical (unpaired) electrons. The second-order valence-electron chi connectivity index (χ2n) is 18.7. The van der Waals surface area contributed by atoms with E-state index in [-0.39, 0.29) is 11.8 Å². The van der Waals surface area contributed by atoms with Crippen LogP contribution in [0.5, 0.6) is 0 Å². The molecule has 1 aliphatic rings. The van der Waals surface area contributed by atoms with Gasteiger partial charge in [-0.1, -0.05) is 207 Å². The third-order valence-electron chi connectivity index (χ3n) is 13.3. The van der Waals surface area contributed by atoms with Gasteiger partial charge in [-0.25, -0.2) is 0 Å². The van der Waals surface area contributed by atoms with Gasteiger partial charge >= 0.3 is 0 Å². The third kappa shape index (κ3) is 18.1. The number of nitrogens with zero attached hydrogens (tertiary/aromatic N) is 1. The minimum Gasteiger partial charge on any atom is -0.274 e. The lowest BCUT2D eigenvalue weighted by Gasteiger charge is -2.23.